The van der Waals surface area contributed by atoms with Crippen molar-refractivity contribution in [3.8, 4) is 11.8 Å². The molecule has 0 aliphatic rings. The van der Waals surface area contributed by atoms with Crippen molar-refractivity contribution < 1.29 is 4.79 Å². The maximum atomic E-state index is 10.9. The second-order valence-corrected chi connectivity index (χ2v) is 3.42. The van der Waals surface area contributed by atoms with Gasteiger partial charge < -0.3 is 11.5 Å². The highest BCUT2D eigenvalue weighted by Crippen LogP contribution is 2.18. The second kappa shape index (κ2) is 3.98. The fourth-order valence-corrected chi connectivity index (χ4v) is 1.39. The van der Waals surface area contributed by atoms with Gasteiger partial charge in [0.25, 0.3) is 5.91 Å². The molecular weight excluding hydrogens is 218 g/mol. The first-order chi connectivity index (χ1) is 8.11. The first-order valence-electron chi connectivity index (χ1n) is 4.76. The molecule has 2 aromatic rings. The third-order valence-electron chi connectivity index (χ3n) is 2.27. The van der Waals surface area contributed by atoms with Gasteiger partial charge in [-0.15, -0.1) is 0 Å². The van der Waals surface area contributed by atoms with Crippen molar-refractivity contribution in [2.45, 2.75) is 0 Å². The summed E-state index contributed by atoms with van der Waals surface area (Å²) in [5.74, 6) is -0.564. The highest BCUT2D eigenvalue weighted by Gasteiger charge is 2.08. The van der Waals surface area contributed by atoms with Crippen LogP contribution in [-0.2, 0) is 0 Å². The maximum Gasteiger partial charge on any atom is 0.251 e. The molecule has 0 bridgehead atoms. The molecule has 6 heteroatoms. The lowest BCUT2D eigenvalue weighted by Crippen LogP contribution is -2.09. The number of primary amides is 1. The Hall–Kier alpha value is -2.81. The van der Waals surface area contributed by atoms with Gasteiger partial charge in [-0.2, -0.15) is 10.4 Å². The zero-order chi connectivity index (χ0) is 12.4. The molecule has 0 saturated carbocycles. The van der Waals surface area contributed by atoms with Crippen molar-refractivity contribution in [1.82, 2.24) is 9.78 Å². The number of rotatable bonds is 2. The van der Waals surface area contributed by atoms with E-state index in [0.717, 1.165) is 0 Å². The molecule has 1 aromatic heterocycles. The fraction of sp³-hybridized carbons (Fsp3) is 0. The summed E-state index contributed by atoms with van der Waals surface area (Å²) >= 11 is 0. The highest BCUT2D eigenvalue weighted by molar-refractivity contribution is 5.92. The van der Waals surface area contributed by atoms with Crippen molar-refractivity contribution in [3.63, 3.8) is 0 Å². The van der Waals surface area contributed by atoms with Crippen LogP contribution in [0, 0.1) is 11.3 Å². The van der Waals surface area contributed by atoms with Crippen LogP contribution in [0.5, 0.6) is 0 Å². The molecule has 6 nitrogen and oxygen atoms in total. The van der Waals surface area contributed by atoms with Gasteiger partial charge in [-0.05, 0) is 18.2 Å². The predicted octanol–water partition coefficient (Wildman–Crippen LogP) is 0.425. The maximum absolute atomic E-state index is 10.9. The monoisotopic (exact) mass is 227 g/mol. The summed E-state index contributed by atoms with van der Waals surface area (Å²) in [6, 6.07) is 6.82. The molecule has 0 aliphatic carbocycles. The minimum atomic E-state index is -0.564. The number of carbonyl (C=O) groups is 1. The van der Waals surface area contributed by atoms with Crippen LogP contribution in [0.3, 0.4) is 0 Å². The number of nitrogens with zero attached hydrogens (tertiary/aromatic N) is 3. The normalized spacial score (nSPS) is 9.82. The topological polar surface area (TPSA) is 111 Å². The van der Waals surface area contributed by atoms with Gasteiger partial charge >= 0.3 is 0 Å². The fourth-order valence-electron chi connectivity index (χ4n) is 1.39. The van der Waals surface area contributed by atoms with Gasteiger partial charge in [-0.25, -0.2) is 4.68 Å². The van der Waals surface area contributed by atoms with Crippen LogP contribution >= 0.6 is 0 Å². The van der Waals surface area contributed by atoms with E-state index in [-0.39, 0.29) is 5.56 Å². The van der Waals surface area contributed by atoms with Gasteiger partial charge in [0, 0.05) is 6.20 Å². The lowest BCUT2D eigenvalue weighted by atomic mass is 10.2. The second-order valence-electron chi connectivity index (χ2n) is 3.42. The quantitative estimate of drug-likeness (QED) is 0.724. The largest absolute Gasteiger partial charge is 0.397 e. The Bertz CT molecular complexity index is 623. The molecule has 0 saturated heterocycles. The lowest BCUT2D eigenvalue weighted by Gasteiger charge is -2.05. The highest BCUT2D eigenvalue weighted by atomic mass is 16.1. The molecule has 0 spiro atoms. The van der Waals surface area contributed by atoms with Crippen LogP contribution < -0.4 is 11.5 Å². The summed E-state index contributed by atoms with van der Waals surface area (Å²) in [4.78, 5) is 10.9. The average Bonchev–Trinajstić information content (AvgIpc) is 2.79. The summed E-state index contributed by atoms with van der Waals surface area (Å²) in [6.07, 6.45) is 2.82. The molecular formula is C11H9N5O. The van der Waals surface area contributed by atoms with E-state index in [4.69, 9.17) is 16.7 Å². The summed E-state index contributed by atoms with van der Waals surface area (Å²) in [5, 5.41) is 12.8. The van der Waals surface area contributed by atoms with Gasteiger partial charge in [0.1, 0.15) is 0 Å². The smallest absolute Gasteiger partial charge is 0.251 e. The van der Waals surface area contributed by atoms with Crippen molar-refractivity contribution in [2.75, 3.05) is 5.73 Å². The molecule has 0 unspecified atom stereocenters. The molecule has 1 amide bonds. The van der Waals surface area contributed by atoms with Gasteiger partial charge in [-0.1, -0.05) is 0 Å². The van der Waals surface area contributed by atoms with Gasteiger partial charge in [0.2, 0.25) is 0 Å². The number of hydrogen-bond donors (Lipinski definition) is 2. The Kier molecular flexibility index (Phi) is 2.51. The van der Waals surface area contributed by atoms with Crippen molar-refractivity contribution in [3.05, 3.63) is 41.7 Å². The average molecular weight is 227 g/mol. The number of nitrogen functional groups attached to an aromatic ring is 1. The van der Waals surface area contributed by atoms with Crippen molar-refractivity contribution >= 4 is 11.6 Å². The number of amides is 1. The number of benzene rings is 1. The minimum absolute atomic E-state index is 0.284. The Morgan fingerprint density at radius 2 is 2.24 bits per heavy atom. The van der Waals surface area contributed by atoms with E-state index in [2.05, 4.69) is 5.10 Å². The molecule has 1 heterocycles. The molecule has 84 valence electrons. The molecule has 4 N–H and O–H groups in total. The SMILES string of the molecule is N#Cc1ccc(N)c(-n2cc(C(N)=O)cn2)c1. The van der Waals surface area contributed by atoms with Crippen LogP contribution in [0.15, 0.2) is 30.6 Å². The van der Waals surface area contributed by atoms with Crippen LogP contribution in [0.4, 0.5) is 5.69 Å². The summed E-state index contributed by atoms with van der Waals surface area (Å²) in [7, 11) is 0. The number of carbonyl (C=O) groups excluding carboxylic acids is 1. The van der Waals surface area contributed by atoms with Crippen molar-refractivity contribution in [2.24, 2.45) is 5.73 Å². The van der Waals surface area contributed by atoms with E-state index in [1.165, 1.54) is 17.1 Å². The van der Waals surface area contributed by atoms with Crippen LogP contribution in [0.2, 0.25) is 0 Å². The van der Waals surface area contributed by atoms with E-state index in [0.29, 0.717) is 16.9 Å². The Balaban J connectivity index is 2.52. The van der Waals surface area contributed by atoms with E-state index in [1.807, 2.05) is 6.07 Å². The standard InChI is InChI=1S/C11H9N5O/c12-4-7-1-2-9(13)10(3-7)16-6-8(5-15-16)11(14)17/h1-3,5-6H,13H2,(H2,14,17). The summed E-state index contributed by atoms with van der Waals surface area (Å²) in [5.41, 5.74) is 12.6. The number of hydrogen-bond acceptors (Lipinski definition) is 4. The molecule has 0 radical (unpaired) electrons. The van der Waals surface area contributed by atoms with Crippen LogP contribution in [-0.4, -0.2) is 15.7 Å². The Morgan fingerprint density at radius 1 is 1.47 bits per heavy atom. The summed E-state index contributed by atoms with van der Waals surface area (Å²) < 4.78 is 1.41. The molecule has 2 rings (SSSR count). The first kappa shape index (κ1) is 10.7. The van der Waals surface area contributed by atoms with Gasteiger partial charge in [0.05, 0.1) is 34.8 Å². The zero-order valence-corrected chi connectivity index (χ0v) is 8.79. The number of nitriles is 1. The summed E-state index contributed by atoms with van der Waals surface area (Å²) in [6.45, 7) is 0. The Labute approximate surface area is 97.1 Å². The molecule has 17 heavy (non-hydrogen) atoms. The number of nitrogens with two attached hydrogens (primary N) is 2. The minimum Gasteiger partial charge on any atom is -0.397 e. The third kappa shape index (κ3) is 1.94. The van der Waals surface area contributed by atoms with E-state index >= 15 is 0 Å². The molecule has 0 atom stereocenters. The van der Waals surface area contributed by atoms with Crippen LogP contribution in [0.25, 0.3) is 5.69 Å². The first-order valence-corrected chi connectivity index (χ1v) is 4.76. The van der Waals surface area contributed by atoms with Crippen molar-refractivity contribution in [1.29, 1.82) is 5.26 Å². The number of anilines is 1. The lowest BCUT2D eigenvalue weighted by molar-refractivity contribution is 0.100. The van der Waals surface area contributed by atoms with E-state index < -0.39 is 5.91 Å². The van der Waals surface area contributed by atoms with E-state index in [9.17, 15) is 4.79 Å². The molecule has 0 fully saturated rings. The Morgan fingerprint density at radius 3 is 2.82 bits per heavy atom. The van der Waals surface area contributed by atoms with Crippen LogP contribution in [0.1, 0.15) is 15.9 Å². The van der Waals surface area contributed by atoms with Gasteiger partial charge in [0.15, 0.2) is 0 Å². The third-order valence-corrected chi connectivity index (χ3v) is 2.27. The predicted molar refractivity (Wildman–Crippen MR) is 61.2 cm³/mol. The molecule has 1 aromatic carbocycles. The zero-order valence-electron chi connectivity index (χ0n) is 8.79. The molecule has 0 aliphatic heterocycles. The number of aromatic nitrogens is 2. The van der Waals surface area contributed by atoms with E-state index in [1.54, 1.807) is 18.2 Å². The van der Waals surface area contributed by atoms with Gasteiger partial charge in [-0.3, -0.25) is 4.79 Å².